The lowest BCUT2D eigenvalue weighted by Gasteiger charge is -2.24. The summed E-state index contributed by atoms with van der Waals surface area (Å²) in [6.07, 6.45) is 8.12. The Bertz CT molecular complexity index is 375. The molecule has 0 aliphatic heterocycles. The maximum atomic E-state index is 9.49. The van der Waals surface area contributed by atoms with Crippen LogP contribution in [0.2, 0.25) is 0 Å². The molecule has 1 heterocycles. The summed E-state index contributed by atoms with van der Waals surface area (Å²) in [5.74, 6) is 0.421. The first kappa shape index (κ1) is 13.6. The molecule has 2 unspecified atom stereocenters. The topological polar surface area (TPSA) is 50.1 Å². The number of hydrogen-bond donors (Lipinski definition) is 2. The Labute approximate surface area is 109 Å². The van der Waals surface area contributed by atoms with E-state index >= 15 is 0 Å². The molecule has 0 saturated heterocycles. The molecule has 1 aliphatic rings. The second kappa shape index (κ2) is 6.34. The average molecular weight is 251 g/mol. The molecule has 18 heavy (non-hydrogen) atoms. The van der Waals surface area contributed by atoms with Gasteiger partial charge in [0, 0.05) is 37.5 Å². The van der Waals surface area contributed by atoms with Crippen LogP contribution in [-0.2, 0) is 13.6 Å². The molecule has 1 aromatic heterocycles. The Morgan fingerprint density at radius 3 is 2.83 bits per heavy atom. The second-order valence-electron chi connectivity index (χ2n) is 5.45. The number of hydrogen-bond acceptors (Lipinski definition) is 3. The highest BCUT2D eigenvalue weighted by Crippen LogP contribution is 2.23. The fourth-order valence-corrected chi connectivity index (χ4v) is 2.83. The van der Waals surface area contributed by atoms with Crippen molar-refractivity contribution >= 4 is 0 Å². The monoisotopic (exact) mass is 251 g/mol. The third-order valence-corrected chi connectivity index (χ3v) is 4.29. The molecule has 0 amide bonds. The lowest BCUT2D eigenvalue weighted by molar-refractivity contribution is 0.181. The van der Waals surface area contributed by atoms with E-state index in [9.17, 15) is 5.11 Å². The summed E-state index contributed by atoms with van der Waals surface area (Å²) in [7, 11) is 1.97. The van der Waals surface area contributed by atoms with Crippen molar-refractivity contribution in [2.45, 2.75) is 51.6 Å². The van der Waals surface area contributed by atoms with E-state index in [1.165, 1.54) is 36.9 Å². The summed E-state index contributed by atoms with van der Waals surface area (Å²) >= 11 is 0. The summed E-state index contributed by atoms with van der Waals surface area (Å²) in [5.41, 5.74) is 2.48. The molecule has 4 nitrogen and oxygen atoms in total. The first-order chi connectivity index (χ1) is 8.72. The van der Waals surface area contributed by atoms with Gasteiger partial charge in [-0.2, -0.15) is 5.10 Å². The van der Waals surface area contributed by atoms with Crippen molar-refractivity contribution in [1.82, 2.24) is 15.1 Å². The number of aliphatic hydroxyl groups excluding tert-OH is 1. The molecule has 0 radical (unpaired) electrons. The van der Waals surface area contributed by atoms with Crippen LogP contribution in [0, 0.1) is 12.8 Å². The highest BCUT2D eigenvalue weighted by Gasteiger charge is 2.22. The van der Waals surface area contributed by atoms with Crippen molar-refractivity contribution in [3.63, 3.8) is 0 Å². The summed E-state index contributed by atoms with van der Waals surface area (Å²) in [4.78, 5) is 0. The van der Waals surface area contributed by atoms with Gasteiger partial charge in [-0.05, 0) is 25.7 Å². The molecular formula is C14H25N3O. The number of rotatable bonds is 4. The van der Waals surface area contributed by atoms with E-state index in [-0.39, 0.29) is 0 Å². The predicted molar refractivity (Wildman–Crippen MR) is 72.2 cm³/mol. The van der Waals surface area contributed by atoms with Crippen molar-refractivity contribution in [3.8, 4) is 0 Å². The van der Waals surface area contributed by atoms with Gasteiger partial charge in [0.25, 0.3) is 0 Å². The van der Waals surface area contributed by atoms with Gasteiger partial charge in [-0.3, -0.25) is 4.68 Å². The number of aryl methyl sites for hydroxylation is 1. The van der Waals surface area contributed by atoms with E-state index in [2.05, 4.69) is 17.3 Å². The van der Waals surface area contributed by atoms with Gasteiger partial charge in [0.1, 0.15) is 0 Å². The molecule has 2 atom stereocenters. The van der Waals surface area contributed by atoms with Crippen LogP contribution < -0.4 is 5.32 Å². The Kier molecular flexibility index (Phi) is 4.78. The number of aliphatic hydroxyl groups is 1. The smallest absolute Gasteiger partial charge is 0.0537 e. The molecule has 1 aliphatic carbocycles. The zero-order chi connectivity index (χ0) is 13.0. The van der Waals surface area contributed by atoms with Crippen molar-refractivity contribution in [2.75, 3.05) is 6.61 Å². The molecule has 1 fully saturated rings. The Morgan fingerprint density at radius 2 is 2.17 bits per heavy atom. The molecule has 0 aromatic carbocycles. The highest BCUT2D eigenvalue weighted by molar-refractivity contribution is 5.15. The van der Waals surface area contributed by atoms with Crippen molar-refractivity contribution in [2.24, 2.45) is 13.0 Å². The highest BCUT2D eigenvalue weighted by atomic mass is 16.3. The van der Waals surface area contributed by atoms with Crippen LogP contribution in [0.3, 0.4) is 0 Å². The molecule has 0 bridgehead atoms. The molecule has 102 valence electrons. The fourth-order valence-electron chi connectivity index (χ4n) is 2.83. The van der Waals surface area contributed by atoms with Crippen molar-refractivity contribution in [3.05, 3.63) is 17.5 Å². The van der Waals surface area contributed by atoms with Crippen LogP contribution in [0.4, 0.5) is 0 Å². The van der Waals surface area contributed by atoms with Gasteiger partial charge >= 0.3 is 0 Å². The summed E-state index contributed by atoms with van der Waals surface area (Å²) in [6.45, 7) is 3.27. The molecular weight excluding hydrogens is 226 g/mol. The van der Waals surface area contributed by atoms with Crippen LogP contribution in [-0.4, -0.2) is 27.5 Å². The fraction of sp³-hybridized carbons (Fsp3) is 0.786. The summed E-state index contributed by atoms with van der Waals surface area (Å²) < 4.78 is 1.91. The van der Waals surface area contributed by atoms with E-state index in [0.717, 1.165) is 13.0 Å². The molecule has 4 heteroatoms. The van der Waals surface area contributed by atoms with E-state index in [4.69, 9.17) is 0 Å². The zero-order valence-electron chi connectivity index (χ0n) is 11.5. The van der Waals surface area contributed by atoms with E-state index in [1.807, 2.05) is 17.9 Å². The number of aromatic nitrogens is 2. The first-order valence-electron chi connectivity index (χ1n) is 7.04. The van der Waals surface area contributed by atoms with Gasteiger partial charge in [0.05, 0.1) is 6.20 Å². The van der Waals surface area contributed by atoms with Crippen LogP contribution in [0.25, 0.3) is 0 Å². The molecule has 1 saturated carbocycles. The number of nitrogens with one attached hydrogen (secondary N) is 1. The Hall–Kier alpha value is -0.870. The van der Waals surface area contributed by atoms with Crippen LogP contribution in [0.15, 0.2) is 6.20 Å². The zero-order valence-corrected chi connectivity index (χ0v) is 11.5. The van der Waals surface area contributed by atoms with Gasteiger partial charge in [-0.15, -0.1) is 0 Å². The minimum Gasteiger partial charge on any atom is -0.396 e. The molecule has 2 N–H and O–H groups in total. The quantitative estimate of drug-likeness (QED) is 0.802. The van der Waals surface area contributed by atoms with Crippen LogP contribution >= 0.6 is 0 Å². The van der Waals surface area contributed by atoms with Crippen LogP contribution in [0.5, 0.6) is 0 Å². The molecule has 0 spiro atoms. The van der Waals surface area contributed by atoms with E-state index < -0.39 is 0 Å². The largest absolute Gasteiger partial charge is 0.396 e. The average Bonchev–Trinajstić information content (AvgIpc) is 2.59. The van der Waals surface area contributed by atoms with Crippen molar-refractivity contribution < 1.29 is 5.11 Å². The summed E-state index contributed by atoms with van der Waals surface area (Å²) in [5, 5.41) is 17.4. The minimum atomic E-state index is 0.309. The normalized spacial score (nSPS) is 25.1. The van der Waals surface area contributed by atoms with Gasteiger partial charge in [-0.25, -0.2) is 0 Å². The predicted octanol–water partition coefficient (Wildman–Crippen LogP) is 1.76. The van der Waals surface area contributed by atoms with Gasteiger partial charge in [0.2, 0.25) is 0 Å². The molecule has 1 aromatic rings. The van der Waals surface area contributed by atoms with Gasteiger partial charge < -0.3 is 10.4 Å². The maximum Gasteiger partial charge on any atom is 0.0537 e. The summed E-state index contributed by atoms with van der Waals surface area (Å²) in [6, 6.07) is 0.456. The second-order valence-corrected chi connectivity index (χ2v) is 5.45. The van der Waals surface area contributed by atoms with E-state index in [1.54, 1.807) is 0 Å². The van der Waals surface area contributed by atoms with Gasteiger partial charge in [-0.1, -0.05) is 19.3 Å². The Morgan fingerprint density at radius 1 is 1.39 bits per heavy atom. The SMILES string of the molecule is Cc1c(CNC2CCCCCC2CO)cnn1C. The van der Waals surface area contributed by atoms with E-state index in [0.29, 0.717) is 18.6 Å². The molecule has 2 rings (SSSR count). The third-order valence-electron chi connectivity index (χ3n) is 4.29. The lowest BCUT2D eigenvalue weighted by atomic mass is 9.95. The first-order valence-corrected chi connectivity index (χ1v) is 7.04. The number of nitrogens with zero attached hydrogens (tertiary/aromatic N) is 2. The van der Waals surface area contributed by atoms with Gasteiger partial charge in [0.15, 0.2) is 0 Å². The maximum absolute atomic E-state index is 9.49. The van der Waals surface area contributed by atoms with Crippen LogP contribution in [0.1, 0.15) is 43.4 Å². The standard InChI is InChI=1S/C14H25N3O/c1-11-13(9-16-17(11)2)8-15-14-7-5-3-4-6-12(14)10-18/h9,12,14-15,18H,3-8,10H2,1-2H3. The lowest BCUT2D eigenvalue weighted by Crippen LogP contribution is -2.37. The minimum absolute atomic E-state index is 0.309. The van der Waals surface area contributed by atoms with Crippen molar-refractivity contribution in [1.29, 1.82) is 0 Å². The third kappa shape index (κ3) is 3.12. The Balaban J connectivity index is 1.93.